The maximum absolute atomic E-state index is 13.4. The van der Waals surface area contributed by atoms with E-state index in [-0.39, 0.29) is 23.6 Å². The van der Waals surface area contributed by atoms with Crippen LogP contribution in [0.5, 0.6) is 0 Å². The SMILES string of the molecule is C=C(Nc1ccc(F)cc1)c1cc(C(F)(F)F)cnc1NCc1ccc(-c2ccn3ncnc(N)c23)cc1. The number of alkyl halides is 3. The summed E-state index contributed by atoms with van der Waals surface area (Å²) in [5.74, 6) is 0.142. The number of hydrogen-bond acceptors (Lipinski definition) is 6. The zero-order valence-electron chi connectivity index (χ0n) is 19.8. The minimum atomic E-state index is -4.58. The Bertz CT molecular complexity index is 1610. The number of aromatic nitrogens is 4. The van der Waals surface area contributed by atoms with Gasteiger partial charge in [-0.2, -0.15) is 18.3 Å². The topological polar surface area (TPSA) is 93.2 Å². The highest BCUT2D eigenvalue weighted by atomic mass is 19.4. The molecule has 0 saturated heterocycles. The number of nitrogens with zero attached hydrogens (tertiary/aromatic N) is 4. The zero-order chi connectivity index (χ0) is 26.9. The predicted octanol–water partition coefficient (Wildman–Crippen LogP) is 6.23. The van der Waals surface area contributed by atoms with E-state index in [9.17, 15) is 17.6 Å². The number of benzene rings is 2. The second kappa shape index (κ2) is 9.85. The standard InChI is InChI=1S/C27H21F4N7/c1-16(37-21-8-6-20(28)7-9-21)23-12-19(27(29,30)31)14-34-26(23)33-13-17-2-4-18(5-3-17)22-10-11-38-24(22)25(32)35-15-36-38/h2-12,14-15,37H,1,13H2,(H,33,34)(H2,32,35,36). The summed E-state index contributed by atoms with van der Waals surface area (Å²) in [7, 11) is 0. The quantitative estimate of drug-likeness (QED) is 0.221. The molecule has 0 radical (unpaired) electrons. The first-order valence-corrected chi connectivity index (χ1v) is 11.4. The minimum absolute atomic E-state index is 0.136. The van der Waals surface area contributed by atoms with Crippen molar-refractivity contribution in [3.8, 4) is 11.1 Å². The molecule has 5 rings (SSSR count). The lowest BCUT2D eigenvalue weighted by atomic mass is 10.0. The third kappa shape index (κ3) is 5.12. The van der Waals surface area contributed by atoms with E-state index in [1.807, 2.05) is 30.3 Å². The molecule has 2 aromatic carbocycles. The number of nitrogen functional groups attached to an aromatic ring is 1. The monoisotopic (exact) mass is 519 g/mol. The molecule has 0 saturated carbocycles. The maximum Gasteiger partial charge on any atom is 0.417 e. The van der Waals surface area contributed by atoms with Crippen molar-refractivity contribution in [2.75, 3.05) is 16.4 Å². The Morgan fingerprint density at radius 3 is 2.45 bits per heavy atom. The second-order valence-electron chi connectivity index (χ2n) is 8.45. The molecular formula is C27H21F4N7. The van der Waals surface area contributed by atoms with Gasteiger partial charge in [-0.25, -0.2) is 18.9 Å². The van der Waals surface area contributed by atoms with Gasteiger partial charge in [0.1, 0.15) is 23.5 Å². The van der Waals surface area contributed by atoms with E-state index in [0.29, 0.717) is 17.0 Å². The van der Waals surface area contributed by atoms with E-state index in [2.05, 4.69) is 32.3 Å². The fourth-order valence-corrected chi connectivity index (χ4v) is 3.96. The number of fused-ring (bicyclic) bond motifs is 1. The first-order valence-electron chi connectivity index (χ1n) is 11.4. The fraction of sp³-hybridized carbons (Fsp3) is 0.0741. The molecule has 5 aromatic rings. The summed E-state index contributed by atoms with van der Waals surface area (Å²) >= 11 is 0. The molecule has 7 nitrogen and oxygen atoms in total. The van der Waals surface area contributed by atoms with Gasteiger partial charge in [0, 0.05) is 41.4 Å². The highest BCUT2D eigenvalue weighted by molar-refractivity contribution is 5.87. The van der Waals surface area contributed by atoms with Gasteiger partial charge in [0.05, 0.1) is 5.56 Å². The van der Waals surface area contributed by atoms with E-state index < -0.39 is 17.6 Å². The largest absolute Gasteiger partial charge is 0.417 e. The molecule has 0 bridgehead atoms. The van der Waals surface area contributed by atoms with Crippen LogP contribution >= 0.6 is 0 Å². The van der Waals surface area contributed by atoms with Crippen LogP contribution in [-0.2, 0) is 12.7 Å². The molecule has 0 aliphatic heterocycles. The third-order valence-corrected chi connectivity index (χ3v) is 5.89. The third-order valence-electron chi connectivity index (χ3n) is 5.89. The van der Waals surface area contributed by atoms with E-state index in [0.717, 1.165) is 29.0 Å². The lowest BCUT2D eigenvalue weighted by Gasteiger charge is -2.17. The van der Waals surface area contributed by atoms with E-state index in [1.165, 1.54) is 30.6 Å². The molecule has 0 aliphatic carbocycles. The van der Waals surface area contributed by atoms with Crippen LogP contribution in [0.1, 0.15) is 16.7 Å². The Hall–Kier alpha value is -4.93. The van der Waals surface area contributed by atoms with Crippen molar-refractivity contribution < 1.29 is 17.6 Å². The van der Waals surface area contributed by atoms with Crippen molar-refractivity contribution in [3.05, 3.63) is 108 Å². The summed E-state index contributed by atoms with van der Waals surface area (Å²) in [4.78, 5) is 8.07. The lowest BCUT2D eigenvalue weighted by Crippen LogP contribution is -2.11. The fourth-order valence-electron chi connectivity index (χ4n) is 3.96. The van der Waals surface area contributed by atoms with Gasteiger partial charge in [-0.05, 0) is 47.5 Å². The van der Waals surface area contributed by atoms with Gasteiger partial charge < -0.3 is 16.4 Å². The lowest BCUT2D eigenvalue weighted by molar-refractivity contribution is -0.137. The maximum atomic E-state index is 13.4. The van der Waals surface area contributed by atoms with E-state index in [4.69, 9.17) is 5.73 Å². The van der Waals surface area contributed by atoms with Crippen molar-refractivity contribution in [3.63, 3.8) is 0 Å². The number of nitrogens with one attached hydrogen (secondary N) is 2. The highest BCUT2D eigenvalue weighted by Gasteiger charge is 2.32. The number of rotatable bonds is 7. The average molecular weight is 520 g/mol. The van der Waals surface area contributed by atoms with Crippen LogP contribution in [0.4, 0.5) is 34.9 Å². The van der Waals surface area contributed by atoms with Crippen molar-refractivity contribution in [1.82, 2.24) is 19.6 Å². The molecule has 0 atom stereocenters. The molecule has 0 aliphatic rings. The van der Waals surface area contributed by atoms with Crippen LogP contribution in [0.3, 0.4) is 0 Å². The van der Waals surface area contributed by atoms with Gasteiger partial charge in [0.25, 0.3) is 0 Å². The summed E-state index contributed by atoms with van der Waals surface area (Å²) in [5, 5.41) is 10.2. The summed E-state index contributed by atoms with van der Waals surface area (Å²) in [6, 6.07) is 15.9. The van der Waals surface area contributed by atoms with Crippen LogP contribution in [0.25, 0.3) is 22.3 Å². The minimum Gasteiger partial charge on any atom is -0.382 e. The van der Waals surface area contributed by atoms with Crippen molar-refractivity contribution in [1.29, 1.82) is 0 Å². The molecule has 0 unspecified atom stereocenters. The predicted molar refractivity (Wildman–Crippen MR) is 138 cm³/mol. The number of pyridine rings is 1. The average Bonchev–Trinajstić information content (AvgIpc) is 3.34. The molecule has 0 fully saturated rings. The van der Waals surface area contributed by atoms with Gasteiger partial charge in [-0.3, -0.25) is 0 Å². The van der Waals surface area contributed by atoms with Crippen LogP contribution in [0, 0.1) is 5.82 Å². The zero-order valence-corrected chi connectivity index (χ0v) is 19.8. The molecule has 4 N–H and O–H groups in total. The number of nitrogens with two attached hydrogens (primary N) is 1. The second-order valence-corrected chi connectivity index (χ2v) is 8.45. The molecule has 0 spiro atoms. The molecule has 0 amide bonds. The van der Waals surface area contributed by atoms with E-state index in [1.54, 1.807) is 10.7 Å². The Labute approximate surface area is 214 Å². The summed E-state index contributed by atoms with van der Waals surface area (Å²) in [6.07, 6.45) is -0.633. The van der Waals surface area contributed by atoms with Crippen LogP contribution < -0.4 is 16.4 Å². The van der Waals surface area contributed by atoms with Gasteiger partial charge in [0.2, 0.25) is 0 Å². The van der Waals surface area contributed by atoms with Crippen LogP contribution in [0.15, 0.2) is 86.0 Å². The first-order chi connectivity index (χ1) is 18.2. The number of anilines is 3. The first kappa shape index (κ1) is 24.8. The van der Waals surface area contributed by atoms with Crippen LogP contribution in [0.2, 0.25) is 0 Å². The molecule has 192 valence electrons. The van der Waals surface area contributed by atoms with Crippen LogP contribution in [-0.4, -0.2) is 19.6 Å². The van der Waals surface area contributed by atoms with Crippen molar-refractivity contribution in [2.45, 2.75) is 12.7 Å². The Morgan fingerprint density at radius 1 is 1.00 bits per heavy atom. The van der Waals surface area contributed by atoms with Crippen molar-refractivity contribution in [2.24, 2.45) is 0 Å². The normalized spacial score (nSPS) is 11.5. The van der Waals surface area contributed by atoms with Gasteiger partial charge >= 0.3 is 6.18 Å². The summed E-state index contributed by atoms with van der Waals surface area (Å²) in [5.41, 5.74) is 9.24. The summed E-state index contributed by atoms with van der Waals surface area (Å²) < 4.78 is 55.1. The Kier molecular flexibility index (Phi) is 6.41. The molecule has 38 heavy (non-hydrogen) atoms. The number of halogens is 4. The Morgan fingerprint density at radius 2 is 1.74 bits per heavy atom. The van der Waals surface area contributed by atoms with Gasteiger partial charge in [-0.1, -0.05) is 30.8 Å². The molecular weight excluding hydrogens is 498 g/mol. The van der Waals surface area contributed by atoms with Gasteiger partial charge in [0.15, 0.2) is 5.82 Å². The molecule has 3 heterocycles. The van der Waals surface area contributed by atoms with Crippen molar-refractivity contribution >= 4 is 28.5 Å². The molecule has 3 aromatic heterocycles. The highest BCUT2D eigenvalue weighted by Crippen LogP contribution is 2.33. The smallest absolute Gasteiger partial charge is 0.382 e. The van der Waals surface area contributed by atoms with Gasteiger partial charge in [-0.15, -0.1) is 0 Å². The Balaban J connectivity index is 1.37. The van der Waals surface area contributed by atoms with E-state index >= 15 is 0 Å². The summed E-state index contributed by atoms with van der Waals surface area (Å²) in [6.45, 7) is 4.17. The molecule has 11 heteroatoms. The number of hydrogen-bond donors (Lipinski definition) is 3.